The molecule has 0 aliphatic rings. The van der Waals surface area contributed by atoms with Gasteiger partial charge < -0.3 is 10.1 Å². The number of esters is 1. The van der Waals surface area contributed by atoms with Crippen molar-refractivity contribution in [2.45, 2.75) is 90.4 Å². The lowest BCUT2D eigenvalue weighted by atomic mass is 10.0. The Bertz CT molecular complexity index is 682. The van der Waals surface area contributed by atoms with Crippen molar-refractivity contribution < 1.29 is 9.53 Å². The van der Waals surface area contributed by atoms with E-state index in [-0.39, 0.29) is 5.97 Å². The summed E-state index contributed by atoms with van der Waals surface area (Å²) in [6.07, 6.45) is 16.1. The molecule has 2 rings (SSSR count). The van der Waals surface area contributed by atoms with E-state index in [1.165, 1.54) is 64.2 Å². The molecule has 3 heteroatoms. The largest absolute Gasteiger partial charge is 0.427 e. The van der Waals surface area contributed by atoms with Crippen LogP contribution in [0.4, 0.5) is 11.4 Å². The Hall–Kier alpha value is -2.29. The van der Waals surface area contributed by atoms with Crippen molar-refractivity contribution in [2.75, 3.05) is 5.32 Å². The minimum absolute atomic E-state index is 0.133. The maximum Gasteiger partial charge on any atom is 0.311 e. The van der Waals surface area contributed by atoms with Gasteiger partial charge >= 0.3 is 5.97 Å². The number of rotatable bonds is 16. The Morgan fingerprint density at radius 2 is 1.17 bits per heavy atom. The van der Waals surface area contributed by atoms with Gasteiger partial charge in [-0.3, -0.25) is 4.79 Å². The van der Waals surface area contributed by atoms with Crippen molar-refractivity contribution in [1.82, 2.24) is 0 Å². The minimum atomic E-state index is -0.133. The summed E-state index contributed by atoms with van der Waals surface area (Å²) in [4.78, 5) is 12.0. The Labute approximate surface area is 183 Å². The molecule has 0 unspecified atom stereocenters. The highest BCUT2D eigenvalue weighted by Gasteiger charge is 2.05. The average Bonchev–Trinajstić information content (AvgIpc) is 2.76. The molecule has 0 aliphatic carbocycles. The summed E-state index contributed by atoms with van der Waals surface area (Å²) in [5.74, 6) is 0.475. The predicted octanol–water partition coefficient (Wildman–Crippen LogP) is 8.43. The van der Waals surface area contributed by atoms with Crippen LogP contribution in [0.25, 0.3) is 0 Å². The first kappa shape index (κ1) is 24.0. The summed E-state index contributed by atoms with van der Waals surface area (Å²) in [7, 11) is 0. The van der Waals surface area contributed by atoms with Gasteiger partial charge in [-0.25, -0.2) is 0 Å². The van der Waals surface area contributed by atoms with Gasteiger partial charge in [-0.2, -0.15) is 0 Å². The van der Waals surface area contributed by atoms with E-state index in [0.29, 0.717) is 12.2 Å². The van der Waals surface area contributed by atoms with Crippen LogP contribution in [0, 0.1) is 0 Å². The van der Waals surface area contributed by atoms with Crippen LogP contribution < -0.4 is 10.1 Å². The number of unbranched alkanes of at least 4 members (excludes halogenated alkanes) is 11. The first-order valence-electron chi connectivity index (χ1n) is 11.9. The van der Waals surface area contributed by atoms with Crippen molar-refractivity contribution in [3.05, 3.63) is 54.6 Å². The molecule has 0 fully saturated rings. The molecule has 2 aromatic rings. The standard InChI is InChI=1S/C27H39NO2/c1-2-3-4-5-6-7-8-9-10-11-12-16-19-27(29)30-26-22-20-25(21-23-26)28-24-17-14-13-15-18-24/h13-15,17-18,20-23,28H,2-12,16,19H2,1H3. The normalized spacial score (nSPS) is 10.7. The molecule has 0 aliphatic heterocycles. The monoisotopic (exact) mass is 409 g/mol. The third kappa shape index (κ3) is 11.0. The number of benzene rings is 2. The van der Waals surface area contributed by atoms with E-state index < -0.39 is 0 Å². The molecule has 0 heterocycles. The van der Waals surface area contributed by atoms with E-state index >= 15 is 0 Å². The van der Waals surface area contributed by atoms with E-state index in [1.807, 2.05) is 54.6 Å². The number of nitrogens with one attached hydrogen (secondary N) is 1. The Morgan fingerprint density at radius 1 is 0.667 bits per heavy atom. The van der Waals surface area contributed by atoms with Gasteiger partial charge in [0.1, 0.15) is 5.75 Å². The SMILES string of the molecule is CCCCCCCCCCCCCCC(=O)Oc1ccc(Nc2ccccc2)cc1. The molecule has 0 atom stereocenters. The molecule has 2 aromatic carbocycles. The lowest BCUT2D eigenvalue weighted by Gasteiger charge is -2.08. The van der Waals surface area contributed by atoms with Crippen molar-refractivity contribution in [2.24, 2.45) is 0 Å². The summed E-state index contributed by atoms with van der Waals surface area (Å²) in [5, 5.41) is 3.32. The summed E-state index contributed by atoms with van der Waals surface area (Å²) in [6.45, 7) is 2.27. The van der Waals surface area contributed by atoms with Crippen LogP contribution in [0.3, 0.4) is 0 Å². The average molecular weight is 410 g/mol. The third-order valence-electron chi connectivity index (χ3n) is 5.38. The number of anilines is 2. The van der Waals surface area contributed by atoms with E-state index in [0.717, 1.165) is 24.2 Å². The molecule has 3 nitrogen and oxygen atoms in total. The van der Waals surface area contributed by atoms with Crippen molar-refractivity contribution >= 4 is 17.3 Å². The molecule has 0 saturated carbocycles. The van der Waals surface area contributed by atoms with Crippen LogP contribution >= 0.6 is 0 Å². The highest BCUT2D eigenvalue weighted by atomic mass is 16.5. The van der Waals surface area contributed by atoms with Gasteiger partial charge in [-0.1, -0.05) is 95.8 Å². The van der Waals surface area contributed by atoms with Crippen molar-refractivity contribution in [3.63, 3.8) is 0 Å². The molecule has 0 bridgehead atoms. The zero-order valence-corrected chi connectivity index (χ0v) is 18.7. The highest BCUT2D eigenvalue weighted by Crippen LogP contribution is 2.20. The summed E-state index contributed by atoms with van der Waals surface area (Å²) in [6, 6.07) is 17.5. The minimum Gasteiger partial charge on any atom is -0.427 e. The van der Waals surface area contributed by atoms with Gasteiger partial charge in [0.05, 0.1) is 0 Å². The van der Waals surface area contributed by atoms with Gasteiger partial charge in [0, 0.05) is 17.8 Å². The van der Waals surface area contributed by atoms with Crippen molar-refractivity contribution in [3.8, 4) is 5.75 Å². The van der Waals surface area contributed by atoms with E-state index in [1.54, 1.807) is 0 Å². The van der Waals surface area contributed by atoms with E-state index in [9.17, 15) is 4.79 Å². The van der Waals surface area contributed by atoms with Crippen LogP contribution in [0.1, 0.15) is 90.4 Å². The zero-order valence-electron chi connectivity index (χ0n) is 18.7. The van der Waals surface area contributed by atoms with Gasteiger partial charge in [0.15, 0.2) is 0 Å². The maximum absolute atomic E-state index is 12.0. The number of carbonyl (C=O) groups excluding carboxylic acids is 1. The summed E-state index contributed by atoms with van der Waals surface area (Å²) < 4.78 is 5.45. The number of hydrogen-bond donors (Lipinski definition) is 1. The Kier molecular flexibility index (Phi) is 12.4. The van der Waals surface area contributed by atoms with E-state index in [2.05, 4.69) is 12.2 Å². The molecule has 30 heavy (non-hydrogen) atoms. The maximum atomic E-state index is 12.0. The lowest BCUT2D eigenvalue weighted by molar-refractivity contribution is -0.134. The molecular formula is C27H39NO2. The number of carbonyl (C=O) groups is 1. The number of para-hydroxylation sites is 1. The van der Waals surface area contributed by atoms with Crippen LogP contribution in [0.5, 0.6) is 5.75 Å². The van der Waals surface area contributed by atoms with Gasteiger partial charge in [0.25, 0.3) is 0 Å². The fourth-order valence-electron chi connectivity index (χ4n) is 3.59. The van der Waals surface area contributed by atoms with Gasteiger partial charge in [0.2, 0.25) is 0 Å². The van der Waals surface area contributed by atoms with Crippen LogP contribution in [-0.2, 0) is 4.79 Å². The molecule has 164 valence electrons. The highest BCUT2D eigenvalue weighted by molar-refractivity contribution is 5.72. The molecule has 0 aromatic heterocycles. The first-order chi connectivity index (χ1) is 14.8. The molecule has 0 spiro atoms. The summed E-state index contributed by atoms with van der Waals surface area (Å²) in [5.41, 5.74) is 2.01. The lowest BCUT2D eigenvalue weighted by Crippen LogP contribution is -2.07. The molecule has 1 N–H and O–H groups in total. The predicted molar refractivity (Wildman–Crippen MR) is 127 cm³/mol. The molecule has 0 radical (unpaired) electrons. The topological polar surface area (TPSA) is 38.3 Å². The molecule has 0 amide bonds. The second kappa shape index (κ2) is 15.5. The second-order valence-electron chi connectivity index (χ2n) is 8.13. The van der Waals surface area contributed by atoms with E-state index in [4.69, 9.17) is 4.74 Å². The Morgan fingerprint density at radius 3 is 1.73 bits per heavy atom. The fraction of sp³-hybridized carbons (Fsp3) is 0.519. The quantitative estimate of drug-likeness (QED) is 0.172. The Balaban J connectivity index is 1.48. The third-order valence-corrected chi connectivity index (χ3v) is 5.38. The smallest absolute Gasteiger partial charge is 0.311 e. The molecule has 0 saturated heterocycles. The van der Waals surface area contributed by atoms with Crippen molar-refractivity contribution in [1.29, 1.82) is 0 Å². The first-order valence-corrected chi connectivity index (χ1v) is 11.9. The van der Waals surface area contributed by atoms with Gasteiger partial charge in [-0.05, 0) is 42.8 Å². The van der Waals surface area contributed by atoms with Gasteiger partial charge in [-0.15, -0.1) is 0 Å². The zero-order chi connectivity index (χ0) is 21.3. The number of ether oxygens (including phenoxy) is 1. The van der Waals surface area contributed by atoms with Crippen LogP contribution in [0.15, 0.2) is 54.6 Å². The molecular weight excluding hydrogens is 370 g/mol. The van der Waals surface area contributed by atoms with Crippen LogP contribution in [0.2, 0.25) is 0 Å². The van der Waals surface area contributed by atoms with Crippen LogP contribution in [-0.4, -0.2) is 5.97 Å². The number of hydrogen-bond acceptors (Lipinski definition) is 3. The summed E-state index contributed by atoms with van der Waals surface area (Å²) >= 11 is 0. The fourth-order valence-corrected chi connectivity index (χ4v) is 3.59. The second-order valence-corrected chi connectivity index (χ2v) is 8.13.